The van der Waals surface area contributed by atoms with E-state index in [1.165, 1.54) is 35.1 Å². The molecule has 0 aliphatic heterocycles. The number of aryl methyl sites for hydroxylation is 1. The molecule has 0 heterocycles. The summed E-state index contributed by atoms with van der Waals surface area (Å²) in [4.78, 5) is 0. The first-order valence-electron chi connectivity index (χ1n) is 8.01. The molecule has 0 saturated heterocycles. The molecule has 0 spiro atoms. The van der Waals surface area contributed by atoms with Gasteiger partial charge in [-0.3, -0.25) is 0 Å². The third-order valence-corrected chi connectivity index (χ3v) is 4.83. The van der Waals surface area contributed by atoms with Crippen LogP contribution in [0.25, 0.3) is 5.57 Å². The average molecular weight is 280 g/mol. The van der Waals surface area contributed by atoms with Gasteiger partial charge >= 0.3 is 0 Å². The van der Waals surface area contributed by atoms with E-state index >= 15 is 0 Å². The first-order valence-corrected chi connectivity index (χ1v) is 8.01. The Morgan fingerprint density at radius 3 is 2.48 bits per heavy atom. The molecule has 0 amide bonds. The van der Waals surface area contributed by atoms with Gasteiger partial charge < -0.3 is 0 Å². The number of hydrogen-bond acceptors (Lipinski definition) is 0. The Kier molecular flexibility index (Phi) is 4.88. The molecule has 0 bridgehead atoms. The van der Waals surface area contributed by atoms with Gasteiger partial charge in [-0.05, 0) is 55.6 Å². The van der Waals surface area contributed by atoms with Crippen LogP contribution in [0.15, 0.2) is 54.6 Å². The Morgan fingerprint density at radius 2 is 1.95 bits per heavy atom. The van der Waals surface area contributed by atoms with Crippen molar-refractivity contribution in [2.75, 3.05) is 0 Å². The Labute approximate surface area is 130 Å². The van der Waals surface area contributed by atoms with Crippen LogP contribution >= 0.6 is 0 Å². The fraction of sp³-hybridized carbons (Fsp3) is 0.429. The highest BCUT2D eigenvalue weighted by atomic mass is 14.3. The van der Waals surface area contributed by atoms with Gasteiger partial charge in [0.05, 0.1) is 0 Å². The van der Waals surface area contributed by atoms with E-state index < -0.39 is 0 Å². The van der Waals surface area contributed by atoms with Gasteiger partial charge in [0, 0.05) is 0 Å². The van der Waals surface area contributed by atoms with Crippen LogP contribution in [0.2, 0.25) is 0 Å². The minimum Gasteiger partial charge on any atom is -0.0999 e. The second-order valence-corrected chi connectivity index (χ2v) is 7.00. The zero-order chi connectivity index (χ0) is 15.5. The number of rotatable bonds is 5. The van der Waals surface area contributed by atoms with Crippen LogP contribution in [0.4, 0.5) is 0 Å². The van der Waals surface area contributed by atoms with Crippen molar-refractivity contribution in [3.8, 4) is 0 Å². The molecule has 0 aromatic heterocycles. The maximum atomic E-state index is 4.07. The molecule has 0 radical (unpaired) electrons. The van der Waals surface area contributed by atoms with Crippen LogP contribution in [0.1, 0.15) is 51.2 Å². The van der Waals surface area contributed by atoms with Crippen LogP contribution in [-0.4, -0.2) is 0 Å². The molecule has 0 nitrogen and oxygen atoms in total. The van der Waals surface area contributed by atoms with Crippen molar-refractivity contribution in [3.63, 3.8) is 0 Å². The van der Waals surface area contributed by atoms with Crippen molar-refractivity contribution in [1.82, 2.24) is 0 Å². The van der Waals surface area contributed by atoms with Gasteiger partial charge in [0.1, 0.15) is 0 Å². The zero-order valence-electron chi connectivity index (χ0n) is 13.9. The maximum absolute atomic E-state index is 4.07. The summed E-state index contributed by atoms with van der Waals surface area (Å²) in [6, 6.07) is 8.81. The Morgan fingerprint density at radius 1 is 1.29 bits per heavy atom. The van der Waals surface area contributed by atoms with Crippen molar-refractivity contribution in [1.29, 1.82) is 0 Å². The van der Waals surface area contributed by atoms with Crippen molar-refractivity contribution >= 4 is 5.57 Å². The molecule has 1 aromatic carbocycles. The molecule has 1 aromatic rings. The van der Waals surface area contributed by atoms with Crippen LogP contribution in [-0.2, 0) is 0 Å². The molecule has 112 valence electrons. The first-order chi connectivity index (χ1) is 9.89. The van der Waals surface area contributed by atoms with E-state index in [9.17, 15) is 0 Å². The summed E-state index contributed by atoms with van der Waals surface area (Å²) < 4.78 is 0. The van der Waals surface area contributed by atoms with E-state index in [-0.39, 0.29) is 0 Å². The molecule has 0 heteroatoms. The molecule has 0 N–H and O–H groups in total. The summed E-state index contributed by atoms with van der Waals surface area (Å²) in [5, 5.41) is 0. The SMILES string of the molecule is C=C(C)C(C)CCC1(C)C=CC(c2ccc(C)cc2)=CC1. The van der Waals surface area contributed by atoms with Crippen molar-refractivity contribution in [2.24, 2.45) is 11.3 Å². The lowest BCUT2D eigenvalue weighted by atomic mass is 9.75. The second kappa shape index (κ2) is 6.47. The Bertz CT molecular complexity index is 556. The molecule has 2 unspecified atom stereocenters. The highest BCUT2D eigenvalue weighted by molar-refractivity contribution is 5.75. The third-order valence-electron chi connectivity index (χ3n) is 4.83. The predicted octanol–water partition coefficient (Wildman–Crippen LogP) is 6.34. The fourth-order valence-corrected chi connectivity index (χ4v) is 2.71. The predicted molar refractivity (Wildman–Crippen MR) is 94.2 cm³/mol. The molecule has 0 fully saturated rings. The van der Waals surface area contributed by atoms with Gasteiger partial charge in [0.15, 0.2) is 0 Å². The monoisotopic (exact) mass is 280 g/mol. The molecule has 21 heavy (non-hydrogen) atoms. The summed E-state index contributed by atoms with van der Waals surface area (Å²) in [5.74, 6) is 0.623. The number of allylic oxidation sites excluding steroid dienone is 5. The summed E-state index contributed by atoms with van der Waals surface area (Å²) in [6.07, 6.45) is 10.7. The highest BCUT2D eigenvalue weighted by Crippen LogP contribution is 2.38. The molecule has 2 atom stereocenters. The van der Waals surface area contributed by atoms with E-state index in [1.54, 1.807) is 0 Å². The lowest BCUT2D eigenvalue weighted by Gasteiger charge is -2.29. The minimum absolute atomic E-state index is 0.303. The summed E-state index contributed by atoms with van der Waals surface area (Å²) in [7, 11) is 0. The Hall–Kier alpha value is -1.56. The van der Waals surface area contributed by atoms with Crippen LogP contribution < -0.4 is 0 Å². The van der Waals surface area contributed by atoms with Crippen molar-refractivity contribution in [2.45, 2.75) is 47.0 Å². The standard InChI is InChI=1S/C21H28/c1-16(2)18(4)10-13-21(5)14-11-20(12-15-21)19-8-6-17(3)7-9-19/h6-9,11-12,14,18H,1,10,13,15H2,2-5H3. The lowest BCUT2D eigenvalue weighted by molar-refractivity contribution is 0.357. The molecular weight excluding hydrogens is 252 g/mol. The summed E-state index contributed by atoms with van der Waals surface area (Å²) in [6.45, 7) is 13.0. The molecule has 1 aliphatic rings. The van der Waals surface area contributed by atoms with Crippen molar-refractivity contribution in [3.05, 3.63) is 65.8 Å². The third kappa shape index (κ3) is 4.20. The quantitative estimate of drug-likeness (QED) is 0.552. The van der Waals surface area contributed by atoms with E-state index in [4.69, 9.17) is 0 Å². The van der Waals surface area contributed by atoms with E-state index in [2.05, 4.69) is 76.8 Å². The molecular formula is C21H28. The fourth-order valence-electron chi connectivity index (χ4n) is 2.71. The minimum atomic E-state index is 0.303. The van der Waals surface area contributed by atoms with Crippen LogP contribution in [0.5, 0.6) is 0 Å². The van der Waals surface area contributed by atoms with Gasteiger partial charge in [0.25, 0.3) is 0 Å². The zero-order valence-corrected chi connectivity index (χ0v) is 13.9. The molecule has 2 rings (SSSR count). The van der Waals surface area contributed by atoms with E-state index in [1.807, 2.05) is 0 Å². The molecule has 1 aliphatic carbocycles. The van der Waals surface area contributed by atoms with Gasteiger partial charge in [0.2, 0.25) is 0 Å². The van der Waals surface area contributed by atoms with Gasteiger partial charge in [-0.25, -0.2) is 0 Å². The number of hydrogen-bond donors (Lipinski definition) is 0. The normalized spacial score (nSPS) is 22.8. The smallest absolute Gasteiger partial charge is 0.0108 e. The second-order valence-electron chi connectivity index (χ2n) is 7.00. The summed E-state index contributed by atoms with van der Waals surface area (Å²) >= 11 is 0. The number of benzene rings is 1. The maximum Gasteiger partial charge on any atom is -0.0108 e. The topological polar surface area (TPSA) is 0 Å². The Balaban J connectivity index is 1.99. The van der Waals surface area contributed by atoms with Crippen LogP contribution in [0.3, 0.4) is 0 Å². The summed E-state index contributed by atoms with van der Waals surface area (Å²) in [5.41, 5.74) is 5.61. The largest absolute Gasteiger partial charge is 0.0999 e. The van der Waals surface area contributed by atoms with E-state index in [0.29, 0.717) is 11.3 Å². The highest BCUT2D eigenvalue weighted by Gasteiger charge is 2.23. The lowest BCUT2D eigenvalue weighted by Crippen LogP contribution is -2.16. The average Bonchev–Trinajstić information content (AvgIpc) is 2.46. The van der Waals surface area contributed by atoms with Gasteiger partial charge in [-0.2, -0.15) is 0 Å². The van der Waals surface area contributed by atoms with Crippen molar-refractivity contribution < 1.29 is 0 Å². The van der Waals surface area contributed by atoms with E-state index in [0.717, 1.165) is 6.42 Å². The van der Waals surface area contributed by atoms with Gasteiger partial charge in [-0.15, -0.1) is 0 Å². The van der Waals surface area contributed by atoms with Gasteiger partial charge in [-0.1, -0.05) is 74.1 Å². The first kappa shape index (κ1) is 15.8. The molecule has 0 saturated carbocycles. The van der Waals surface area contributed by atoms with Crippen LogP contribution in [0, 0.1) is 18.3 Å².